The summed E-state index contributed by atoms with van der Waals surface area (Å²) in [6.45, 7) is 7.24. The van der Waals surface area contributed by atoms with Gasteiger partial charge in [-0.05, 0) is 80.0 Å². The van der Waals surface area contributed by atoms with Gasteiger partial charge in [-0.2, -0.15) is 0 Å². The predicted molar refractivity (Wildman–Crippen MR) is 140 cm³/mol. The van der Waals surface area contributed by atoms with E-state index in [2.05, 4.69) is 88.0 Å². The van der Waals surface area contributed by atoms with Gasteiger partial charge in [0.1, 0.15) is 0 Å². The number of hydrogen-bond acceptors (Lipinski definition) is 3. The zero-order chi connectivity index (χ0) is 23.7. The van der Waals surface area contributed by atoms with Gasteiger partial charge < -0.3 is 14.8 Å². The molecule has 1 N–H and O–H groups in total. The number of nitrogens with one attached hydrogen (secondary N) is 1. The third-order valence-corrected chi connectivity index (χ3v) is 7.01. The first-order valence-electron chi connectivity index (χ1n) is 11.7. The number of pyridine rings is 2. The molecule has 172 valence electrons. The highest BCUT2D eigenvalue weighted by atomic mass is 32.1. The third-order valence-electron chi connectivity index (χ3n) is 6.66. The number of aryl methyl sites for hydroxylation is 2. The van der Waals surface area contributed by atoms with Crippen molar-refractivity contribution in [3.8, 4) is 5.69 Å². The lowest BCUT2D eigenvalue weighted by Gasteiger charge is -2.28. The summed E-state index contributed by atoms with van der Waals surface area (Å²) in [6.07, 6.45) is 4.67. The average molecular weight is 468 g/mol. The molecule has 34 heavy (non-hydrogen) atoms. The van der Waals surface area contributed by atoms with Gasteiger partial charge in [-0.25, -0.2) is 0 Å². The second-order valence-corrected chi connectivity index (χ2v) is 9.11. The zero-order valence-corrected chi connectivity index (χ0v) is 20.6. The molecule has 3 aromatic heterocycles. The molecule has 1 aromatic carbocycles. The quantitative estimate of drug-likeness (QED) is 0.373. The summed E-state index contributed by atoms with van der Waals surface area (Å²) in [7, 11) is 0. The number of rotatable bonds is 6. The Kier molecular flexibility index (Phi) is 6.16. The summed E-state index contributed by atoms with van der Waals surface area (Å²) in [5.74, 6) is 0. The second kappa shape index (κ2) is 9.39. The van der Waals surface area contributed by atoms with E-state index in [4.69, 9.17) is 12.2 Å². The van der Waals surface area contributed by atoms with Gasteiger partial charge in [0.05, 0.1) is 30.0 Å². The minimum absolute atomic E-state index is 0.00172. The van der Waals surface area contributed by atoms with Crippen molar-refractivity contribution in [2.45, 2.75) is 45.8 Å². The second-order valence-electron chi connectivity index (χ2n) is 8.72. The first-order valence-corrected chi connectivity index (χ1v) is 12.1. The van der Waals surface area contributed by atoms with E-state index in [0.29, 0.717) is 6.54 Å². The summed E-state index contributed by atoms with van der Waals surface area (Å²) in [4.78, 5) is 11.5. The molecule has 6 heteroatoms. The van der Waals surface area contributed by atoms with E-state index < -0.39 is 0 Å². The Bertz CT molecular complexity index is 1300. The normalized spacial score (nSPS) is 17.7. The lowest BCUT2D eigenvalue weighted by molar-refractivity contribution is 0.307. The molecule has 1 saturated heterocycles. The summed E-state index contributed by atoms with van der Waals surface area (Å²) < 4.78 is 2.38. The van der Waals surface area contributed by atoms with Crippen LogP contribution in [-0.2, 0) is 13.0 Å². The third kappa shape index (κ3) is 3.99. The highest BCUT2D eigenvalue weighted by molar-refractivity contribution is 7.80. The van der Waals surface area contributed by atoms with Crippen molar-refractivity contribution in [2.24, 2.45) is 0 Å². The maximum Gasteiger partial charge on any atom is 0.170 e. The fraction of sp³-hybridized carbons (Fsp3) is 0.250. The number of aromatic nitrogens is 3. The molecule has 4 aromatic rings. The van der Waals surface area contributed by atoms with Gasteiger partial charge in [0.25, 0.3) is 0 Å². The Morgan fingerprint density at radius 3 is 2.38 bits per heavy atom. The van der Waals surface area contributed by atoms with E-state index in [1.807, 2.05) is 36.7 Å². The molecular formula is C28H29N5S. The van der Waals surface area contributed by atoms with Gasteiger partial charge in [-0.15, -0.1) is 0 Å². The van der Waals surface area contributed by atoms with Crippen LogP contribution in [0.25, 0.3) is 5.69 Å². The summed E-state index contributed by atoms with van der Waals surface area (Å²) in [6, 6.07) is 23.0. The predicted octanol–water partition coefficient (Wildman–Crippen LogP) is 5.62. The van der Waals surface area contributed by atoms with Crippen molar-refractivity contribution >= 4 is 17.3 Å². The SMILES string of the molecule is CCc1ccccc1-n1c(C)cc(C2C(c3ccccn3)NC(=S)N2Cc2ccccn2)c1C. The minimum atomic E-state index is -0.0484. The molecule has 1 aliphatic heterocycles. The van der Waals surface area contributed by atoms with Crippen LogP contribution in [0.15, 0.2) is 79.1 Å². The van der Waals surface area contributed by atoms with Gasteiger partial charge in [-0.3, -0.25) is 9.97 Å². The van der Waals surface area contributed by atoms with Crippen LogP contribution in [0.5, 0.6) is 0 Å². The molecule has 5 rings (SSSR count). The lowest BCUT2D eigenvalue weighted by Crippen LogP contribution is -2.29. The molecule has 2 atom stereocenters. The summed E-state index contributed by atoms with van der Waals surface area (Å²) in [5, 5.41) is 4.29. The van der Waals surface area contributed by atoms with Crippen LogP contribution in [0.4, 0.5) is 0 Å². The molecule has 0 aliphatic carbocycles. The van der Waals surface area contributed by atoms with Gasteiger partial charge in [0, 0.05) is 29.5 Å². The molecular weight excluding hydrogens is 438 g/mol. The van der Waals surface area contributed by atoms with Crippen LogP contribution >= 0.6 is 12.2 Å². The molecule has 1 aliphatic rings. The Labute approximate surface area is 206 Å². The largest absolute Gasteiger partial charge is 0.352 e. The lowest BCUT2D eigenvalue weighted by atomic mass is 9.96. The van der Waals surface area contributed by atoms with E-state index >= 15 is 0 Å². The molecule has 0 bridgehead atoms. The highest BCUT2D eigenvalue weighted by Gasteiger charge is 2.41. The minimum Gasteiger partial charge on any atom is -0.352 e. The van der Waals surface area contributed by atoms with Crippen molar-refractivity contribution in [2.75, 3.05) is 0 Å². The molecule has 0 radical (unpaired) electrons. The van der Waals surface area contributed by atoms with Gasteiger partial charge in [0.15, 0.2) is 5.11 Å². The molecule has 5 nitrogen and oxygen atoms in total. The zero-order valence-electron chi connectivity index (χ0n) is 19.8. The number of para-hydroxylation sites is 1. The Morgan fingerprint density at radius 2 is 1.68 bits per heavy atom. The molecule has 1 fully saturated rings. The van der Waals surface area contributed by atoms with Crippen LogP contribution in [0.2, 0.25) is 0 Å². The first-order chi connectivity index (χ1) is 16.6. The molecule has 2 unspecified atom stereocenters. The van der Waals surface area contributed by atoms with Crippen molar-refractivity contribution in [1.29, 1.82) is 0 Å². The topological polar surface area (TPSA) is 46.0 Å². The molecule has 0 amide bonds. The fourth-order valence-corrected chi connectivity index (χ4v) is 5.37. The van der Waals surface area contributed by atoms with Crippen molar-refractivity contribution in [1.82, 2.24) is 24.8 Å². The molecule has 4 heterocycles. The monoisotopic (exact) mass is 467 g/mol. The smallest absolute Gasteiger partial charge is 0.170 e. The Balaban J connectivity index is 1.64. The first kappa shape index (κ1) is 22.3. The standard InChI is InChI=1S/C28H29N5S/c1-4-21-11-5-6-14-25(21)33-19(2)17-23(20(33)3)27-26(24-13-8-10-16-30-24)31-28(34)32(27)18-22-12-7-9-15-29-22/h5-17,26-27H,4,18H2,1-3H3,(H,31,34). The van der Waals surface area contributed by atoms with Crippen LogP contribution in [-0.4, -0.2) is 24.5 Å². The maximum absolute atomic E-state index is 5.86. The van der Waals surface area contributed by atoms with Crippen LogP contribution < -0.4 is 5.32 Å². The van der Waals surface area contributed by atoms with Crippen LogP contribution in [0.3, 0.4) is 0 Å². The highest BCUT2D eigenvalue weighted by Crippen LogP contribution is 2.42. The van der Waals surface area contributed by atoms with E-state index in [9.17, 15) is 0 Å². The van der Waals surface area contributed by atoms with E-state index in [0.717, 1.165) is 22.9 Å². The number of nitrogens with zero attached hydrogens (tertiary/aromatic N) is 4. The molecule has 0 saturated carbocycles. The van der Waals surface area contributed by atoms with Crippen LogP contribution in [0, 0.1) is 13.8 Å². The average Bonchev–Trinajstić information content (AvgIpc) is 3.35. The van der Waals surface area contributed by atoms with E-state index in [1.54, 1.807) is 0 Å². The fourth-order valence-electron chi connectivity index (χ4n) is 5.07. The maximum atomic E-state index is 5.86. The number of thiocarbonyl (C=S) groups is 1. The summed E-state index contributed by atoms with van der Waals surface area (Å²) in [5.41, 5.74) is 8.24. The molecule has 0 spiro atoms. The Morgan fingerprint density at radius 1 is 0.941 bits per heavy atom. The van der Waals surface area contributed by atoms with Crippen molar-refractivity contribution in [3.63, 3.8) is 0 Å². The van der Waals surface area contributed by atoms with Gasteiger partial charge in [-0.1, -0.05) is 37.3 Å². The summed E-state index contributed by atoms with van der Waals surface area (Å²) >= 11 is 5.86. The van der Waals surface area contributed by atoms with Crippen molar-refractivity contribution < 1.29 is 0 Å². The Hall–Kier alpha value is -3.51. The number of hydrogen-bond donors (Lipinski definition) is 1. The van der Waals surface area contributed by atoms with Gasteiger partial charge in [0.2, 0.25) is 0 Å². The van der Waals surface area contributed by atoms with E-state index in [1.165, 1.54) is 28.2 Å². The van der Waals surface area contributed by atoms with Gasteiger partial charge >= 0.3 is 0 Å². The van der Waals surface area contributed by atoms with Crippen molar-refractivity contribution in [3.05, 3.63) is 113 Å². The van der Waals surface area contributed by atoms with E-state index in [-0.39, 0.29) is 12.1 Å². The number of benzene rings is 1. The van der Waals surface area contributed by atoms with Crippen LogP contribution in [0.1, 0.15) is 52.9 Å².